The SMILES string of the molecule is CC(=O)N1CCN(C2CN(CC(=O)NC3CCCC3)CC2C)CC1. The van der Waals surface area contributed by atoms with Crippen LogP contribution in [-0.2, 0) is 9.59 Å². The summed E-state index contributed by atoms with van der Waals surface area (Å²) in [7, 11) is 0. The third-order valence-electron chi connectivity index (χ3n) is 5.96. The van der Waals surface area contributed by atoms with Crippen LogP contribution >= 0.6 is 0 Å². The van der Waals surface area contributed by atoms with E-state index in [9.17, 15) is 9.59 Å². The van der Waals surface area contributed by atoms with Gasteiger partial charge in [0.15, 0.2) is 0 Å². The third-order valence-corrected chi connectivity index (χ3v) is 5.96. The predicted octanol–water partition coefficient (Wildman–Crippen LogP) is 0.530. The summed E-state index contributed by atoms with van der Waals surface area (Å²) in [6, 6.07) is 0.923. The predicted molar refractivity (Wildman–Crippen MR) is 93.6 cm³/mol. The number of hydrogen-bond acceptors (Lipinski definition) is 4. The van der Waals surface area contributed by atoms with Gasteiger partial charge >= 0.3 is 0 Å². The largest absolute Gasteiger partial charge is 0.352 e. The topological polar surface area (TPSA) is 55.9 Å². The molecule has 3 aliphatic rings. The van der Waals surface area contributed by atoms with Gasteiger partial charge in [0.05, 0.1) is 6.54 Å². The molecular formula is C18H32N4O2. The van der Waals surface area contributed by atoms with Gasteiger partial charge in [0.2, 0.25) is 11.8 Å². The summed E-state index contributed by atoms with van der Waals surface area (Å²) in [5.74, 6) is 0.948. The number of likely N-dealkylation sites (tertiary alicyclic amines) is 1. The van der Waals surface area contributed by atoms with Crippen LogP contribution in [0.25, 0.3) is 0 Å². The molecule has 1 N–H and O–H groups in total. The number of piperazine rings is 1. The average molecular weight is 336 g/mol. The minimum absolute atomic E-state index is 0.180. The van der Waals surface area contributed by atoms with Crippen molar-refractivity contribution >= 4 is 11.8 Å². The molecule has 2 atom stereocenters. The molecule has 0 aromatic heterocycles. The molecule has 6 heteroatoms. The number of hydrogen-bond donors (Lipinski definition) is 1. The second-order valence-corrected chi connectivity index (χ2v) is 7.83. The Morgan fingerprint density at radius 2 is 1.71 bits per heavy atom. The minimum Gasteiger partial charge on any atom is -0.352 e. The molecule has 2 aliphatic heterocycles. The lowest BCUT2D eigenvalue weighted by atomic mass is 10.0. The molecule has 2 heterocycles. The van der Waals surface area contributed by atoms with Crippen molar-refractivity contribution in [2.75, 3.05) is 45.8 Å². The van der Waals surface area contributed by atoms with E-state index in [0.717, 1.165) is 52.1 Å². The van der Waals surface area contributed by atoms with Crippen LogP contribution in [-0.4, -0.2) is 84.4 Å². The molecule has 2 unspecified atom stereocenters. The lowest BCUT2D eigenvalue weighted by Crippen LogP contribution is -2.53. The molecule has 136 valence electrons. The molecule has 0 aromatic rings. The van der Waals surface area contributed by atoms with Gasteiger partial charge in [-0.3, -0.25) is 19.4 Å². The quantitative estimate of drug-likeness (QED) is 0.814. The van der Waals surface area contributed by atoms with Crippen LogP contribution in [0.3, 0.4) is 0 Å². The molecule has 0 spiro atoms. The van der Waals surface area contributed by atoms with Crippen LogP contribution in [0.4, 0.5) is 0 Å². The summed E-state index contributed by atoms with van der Waals surface area (Å²) < 4.78 is 0. The van der Waals surface area contributed by atoms with E-state index < -0.39 is 0 Å². The highest BCUT2D eigenvalue weighted by atomic mass is 16.2. The first-order valence-electron chi connectivity index (χ1n) is 9.54. The Kier molecular flexibility index (Phi) is 5.76. The van der Waals surface area contributed by atoms with Gasteiger partial charge in [-0.05, 0) is 18.8 Å². The number of nitrogens with zero attached hydrogens (tertiary/aromatic N) is 3. The Morgan fingerprint density at radius 3 is 2.33 bits per heavy atom. The van der Waals surface area contributed by atoms with E-state index in [0.29, 0.717) is 24.5 Å². The summed E-state index contributed by atoms with van der Waals surface area (Å²) in [6.45, 7) is 10.0. The highest BCUT2D eigenvalue weighted by Crippen LogP contribution is 2.23. The van der Waals surface area contributed by atoms with E-state index in [2.05, 4.69) is 22.0 Å². The summed E-state index contributed by atoms with van der Waals surface area (Å²) in [5, 5.41) is 3.19. The lowest BCUT2D eigenvalue weighted by molar-refractivity contribution is -0.131. The van der Waals surface area contributed by atoms with Gasteiger partial charge in [-0.2, -0.15) is 0 Å². The van der Waals surface area contributed by atoms with Crippen molar-refractivity contribution in [3.8, 4) is 0 Å². The Morgan fingerprint density at radius 1 is 1.04 bits per heavy atom. The van der Waals surface area contributed by atoms with Crippen LogP contribution in [0, 0.1) is 5.92 Å². The fourth-order valence-electron chi connectivity index (χ4n) is 4.57. The number of carbonyl (C=O) groups excluding carboxylic acids is 2. The molecule has 1 aliphatic carbocycles. The van der Waals surface area contributed by atoms with E-state index in [4.69, 9.17) is 0 Å². The highest BCUT2D eigenvalue weighted by molar-refractivity contribution is 5.78. The average Bonchev–Trinajstić information content (AvgIpc) is 3.17. The maximum Gasteiger partial charge on any atom is 0.234 e. The van der Waals surface area contributed by atoms with E-state index in [1.165, 1.54) is 12.8 Å². The van der Waals surface area contributed by atoms with Crippen molar-refractivity contribution in [3.05, 3.63) is 0 Å². The van der Waals surface area contributed by atoms with E-state index in [-0.39, 0.29) is 11.8 Å². The molecule has 3 rings (SSSR count). The second-order valence-electron chi connectivity index (χ2n) is 7.83. The Labute approximate surface area is 145 Å². The summed E-state index contributed by atoms with van der Waals surface area (Å²) in [4.78, 5) is 30.5. The fourth-order valence-corrected chi connectivity index (χ4v) is 4.57. The number of rotatable bonds is 4. The first-order chi connectivity index (χ1) is 11.5. The van der Waals surface area contributed by atoms with Gasteiger partial charge in [0.25, 0.3) is 0 Å². The van der Waals surface area contributed by atoms with E-state index in [1.54, 1.807) is 6.92 Å². The van der Waals surface area contributed by atoms with Crippen LogP contribution in [0.15, 0.2) is 0 Å². The van der Waals surface area contributed by atoms with Crippen molar-refractivity contribution in [3.63, 3.8) is 0 Å². The fraction of sp³-hybridized carbons (Fsp3) is 0.889. The van der Waals surface area contributed by atoms with E-state index in [1.807, 2.05) is 4.90 Å². The number of carbonyl (C=O) groups is 2. The smallest absolute Gasteiger partial charge is 0.234 e. The molecule has 24 heavy (non-hydrogen) atoms. The summed E-state index contributed by atoms with van der Waals surface area (Å²) in [5.41, 5.74) is 0. The zero-order valence-electron chi connectivity index (χ0n) is 15.2. The van der Waals surface area contributed by atoms with Gasteiger partial charge in [-0.25, -0.2) is 0 Å². The third kappa shape index (κ3) is 4.28. The Bertz CT molecular complexity index is 456. The molecule has 0 radical (unpaired) electrons. The van der Waals surface area contributed by atoms with Gasteiger partial charge in [0.1, 0.15) is 0 Å². The van der Waals surface area contributed by atoms with Gasteiger partial charge in [0, 0.05) is 58.3 Å². The van der Waals surface area contributed by atoms with Crippen LogP contribution in [0.2, 0.25) is 0 Å². The van der Waals surface area contributed by atoms with Crippen molar-refractivity contribution in [1.29, 1.82) is 0 Å². The summed E-state index contributed by atoms with van der Waals surface area (Å²) in [6.07, 6.45) is 4.79. The monoisotopic (exact) mass is 336 g/mol. The molecule has 1 saturated carbocycles. The van der Waals surface area contributed by atoms with Crippen molar-refractivity contribution < 1.29 is 9.59 Å². The van der Waals surface area contributed by atoms with Crippen LogP contribution in [0.1, 0.15) is 39.5 Å². The maximum absolute atomic E-state index is 12.3. The van der Waals surface area contributed by atoms with Crippen LogP contribution in [0.5, 0.6) is 0 Å². The molecule has 3 fully saturated rings. The molecular weight excluding hydrogens is 304 g/mol. The lowest BCUT2D eigenvalue weighted by Gasteiger charge is -2.39. The van der Waals surface area contributed by atoms with Crippen molar-refractivity contribution in [2.24, 2.45) is 5.92 Å². The molecule has 0 bridgehead atoms. The molecule has 2 saturated heterocycles. The van der Waals surface area contributed by atoms with Gasteiger partial charge in [-0.1, -0.05) is 19.8 Å². The first kappa shape index (κ1) is 17.7. The minimum atomic E-state index is 0.180. The highest BCUT2D eigenvalue weighted by Gasteiger charge is 2.36. The Hall–Kier alpha value is -1.14. The first-order valence-corrected chi connectivity index (χ1v) is 9.54. The van der Waals surface area contributed by atoms with Crippen molar-refractivity contribution in [2.45, 2.75) is 51.6 Å². The van der Waals surface area contributed by atoms with Gasteiger partial charge < -0.3 is 10.2 Å². The standard InChI is InChI=1S/C18H32N4O2/c1-14-11-20(13-18(24)19-16-5-3-4-6-16)12-17(14)22-9-7-21(8-10-22)15(2)23/h14,16-17H,3-13H2,1-2H3,(H,19,24). The zero-order valence-corrected chi connectivity index (χ0v) is 15.2. The second kappa shape index (κ2) is 7.83. The van der Waals surface area contributed by atoms with Gasteiger partial charge in [-0.15, -0.1) is 0 Å². The van der Waals surface area contributed by atoms with Crippen molar-refractivity contribution in [1.82, 2.24) is 20.0 Å². The maximum atomic E-state index is 12.3. The van der Waals surface area contributed by atoms with E-state index >= 15 is 0 Å². The zero-order chi connectivity index (χ0) is 17.1. The summed E-state index contributed by atoms with van der Waals surface area (Å²) >= 11 is 0. The normalized spacial score (nSPS) is 30.0. The Balaban J connectivity index is 1.44. The number of amides is 2. The number of nitrogens with one attached hydrogen (secondary N) is 1. The molecule has 6 nitrogen and oxygen atoms in total. The molecule has 2 amide bonds. The van der Waals surface area contributed by atoms with Crippen LogP contribution < -0.4 is 5.32 Å². The molecule has 0 aromatic carbocycles.